The van der Waals surface area contributed by atoms with E-state index < -0.39 is 6.36 Å². The number of alkyl halides is 3. The summed E-state index contributed by atoms with van der Waals surface area (Å²) in [6, 6.07) is 14.2. The monoisotopic (exact) mass is 489 g/mol. The highest BCUT2D eigenvalue weighted by Crippen LogP contribution is 2.36. The fourth-order valence-electron chi connectivity index (χ4n) is 3.84. The molecule has 0 radical (unpaired) electrons. The standard InChI is InChI=1S/C25H19ClF3NO4/c1-13-23(24(31)18-11-19(26)22(33-3)12-20(18)30-13)15-6-4-14(5-7-15)17-9-8-16(10-21(17)32-2)34-25(27,28)29/h4-12H,1-3H3,(H,30,31). The third-order valence-corrected chi connectivity index (χ3v) is 5.65. The van der Waals surface area contributed by atoms with Crippen LogP contribution in [-0.4, -0.2) is 25.6 Å². The maximum absolute atomic E-state index is 13.3. The predicted octanol–water partition coefficient (Wildman–Crippen LogP) is 6.74. The van der Waals surface area contributed by atoms with Crippen LogP contribution in [0.25, 0.3) is 33.2 Å². The lowest BCUT2D eigenvalue weighted by molar-refractivity contribution is -0.274. The molecule has 0 saturated heterocycles. The molecule has 1 N–H and O–H groups in total. The number of aryl methyl sites for hydroxylation is 1. The minimum Gasteiger partial charge on any atom is -0.496 e. The molecule has 0 amide bonds. The Balaban J connectivity index is 1.74. The number of hydrogen-bond acceptors (Lipinski definition) is 4. The van der Waals surface area contributed by atoms with Crippen LogP contribution in [0.15, 0.2) is 59.4 Å². The molecule has 0 saturated carbocycles. The average molecular weight is 490 g/mol. The highest BCUT2D eigenvalue weighted by atomic mass is 35.5. The summed E-state index contributed by atoms with van der Waals surface area (Å²) in [6.45, 7) is 1.80. The van der Waals surface area contributed by atoms with Crippen molar-refractivity contribution in [1.82, 2.24) is 4.98 Å². The number of H-pyrrole nitrogens is 1. The fraction of sp³-hybridized carbons (Fsp3) is 0.160. The van der Waals surface area contributed by atoms with Crippen LogP contribution in [0.2, 0.25) is 5.02 Å². The third-order valence-electron chi connectivity index (χ3n) is 5.35. The maximum Gasteiger partial charge on any atom is 0.573 e. The Bertz CT molecular complexity index is 1430. The Labute approximate surface area is 197 Å². The van der Waals surface area contributed by atoms with Crippen molar-refractivity contribution < 1.29 is 27.4 Å². The Morgan fingerprint density at radius 1 is 0.882 bits per heavy atom. The first-order chi connectivity index (χ1) is 16.1. The molecule has 34 heavy (non-hydrogen) atoms. The molecule has 0 aliphatic carbocycles. The Kier molecular flexibility index (Phi) is 6.18. The Morgan fingerprint density at radius 2 is 1.53 bits per heavy atom. The minimum atomic E-state index is -4.80. The highest BCUT2D eigenvalue weighted by Gasteiger charge is 2.31. The number of fused-ring (bicyclic) bond motifs is 1. The lowest BCUT2D eigenvalue weighted by atomic mass is 9.97. The van der Waals surface area contributed by atoms with E-state index in [-0.39, 0.29) is 16.9 Å². The van der Waals surface area contributed by atoms with Gasteiger partial charge in [-0.05, 0) is 36.2 Å². The molecule has 9 heteroatoms. The van der Waals surface area contributed by atoms with E-state index in [1.807, 2.05) is 0 Å². The number of pyridine rings is 1. The Morgan fingerprint density at radius 3 is 2.15 bits per heavy atom. The molecule has 0 aliphatic heterocycles. The average Bonchev–Trinajstić information content (AvgIpc) is 2.78. The molecule has 0 unspecified atom stereocenters. The van der Waals surface area contributed by atoms with Crippen molar-refractivity contribution in [2.24, 2.45) is 0 Å². The summed E-state index contributed by atoms with van der Waals surface area (Å²) < 4.78 is 52.0. The van der Waals surface area contributed by atoms with Gasteiger partial charge in [-0.15, -0.1) is 13.2 Å². The van der Waals surface area contributed by atoms with Crippen LogP contribution in [0, 0.1) is 6.92 Å². The number of halogens is 4. The summed E-state index contributed by atoms with van der Waals surface area (Å²) in [4.78, 5) is 16.5. The first-order valence-corrected chi connectivity index (χ1v) is 10.4. The number of aromatic nitrogens is 1. The molecule has 1 heterocycles. The molecule has 3 aromatic carbocycles. The molecule has 0 bridgehead atoms. The summed E-state index contributed by atoms with van der Waals surface area (Å²) in [7, 11) is 2.86. The molecule has 1 aromatic heterocycles. The quantitative estimate of drug-likeness (QED) is 0.337. The predicted molar refractivity (Wildman–Crippen MR) is 125 cm³/mol. The summed E-state index contributed by atoms with van der Waals surface area (Å²) in [5.41, 5.74) is 3.52. The van der Waals surface area contributed by atoms with Gasteiger partial charge in [0.25, 0.3) is 0 Å². The third kappa shape index (κ3) is 4.54. The van der Waals surface area contributed by atoms with Gasteiger partial charge < -0.3 is 19.2 Å². The molecule has 4 aromatic rings. The second-order valence-electron chi connectivity index (χ2n) is 7.47. The number of ether oxygens (including phenoxy) is 3. The van der Waals surface area contributed by atoms with Crippen LogP contribution < -0.4 is 19.6 Å². The van der Waals surface area contributed by atoms with Crippen molar-refractivity contribution in [3.05, 3.63) is 75.5 Å². The number of aromatic amines is 1. The van der Waals surface area contributed by atoms with Gasteiger partial charge in [0.2, 0.25) is 0 Å². The van der Waals surface area contributed by atoms with Gasteiger partial charge in [0.15, 0.2) is 5.43 Å². The first kappa shape index (κ1) is 23.5. The zero-order chi connectivity index (χ0) is 24.6. The van der Waals surface area contributed by atoms with E-state index in [9.17, 15) is 18.0 Å². The van der Waals surface area contributed by atoms with E-state index in [0.717, 1.165) is 0 Å². The van der Waals surface area contributed by atoms with E-state index in [1.165, 1.54) is 32.4 Å². The lowest BCUT2D eigenvalue weighted by Gasteiger charge is -2.14. The van der Waals surface area contributed by atoms with Gasteiger partial charge >= 0.3 is 6.36 Å². The van der Waals surface area contributed by atoms with Crippen LogP contribution >= 0.6 is 11.6 Å². The SMILES string of the molecule is COc1cc2[nH]c(C)c(-c3ccc(-c4ccc(OC(F)(F)F)cc4OC)cc3)c(=O)c2cc1Cl. The zero-order valence-electron chi connectivity index (χ0n) is 18.3. The van der Waals surface area contributed by atoms with Crippen LogP contribution in [0.1, 0.15) is 5.69 Å². The van der Waals surface area contributed by atoms with Crippen molar-refractivity contribution in [3.8, 4) is 39.5 Å². The van der Waals surface area contributed by atoms with Gasteiger partial charge in [0.1, 0.15) is 17.2 Å². The molecule has 0 aliphatic rings. The smallest absolute Gasteiger partial charge is 0.496 e. The van der Waals surface area contributed by atoms with Gasteiger partial charge in [0.05, 0.1) is 24.8 Å². The topological polar surface area (TPSA) is 60.6 Å². The molecule has 176 valence electrons. The van der Waals surface area contributed by atoms with Crippen molar-refractivity contribution in [2.75, 3.05) is 14.2 Å². The number of hydrogen-bond donors (Lipinski definition) is 1. The van der Waals surface area contributed by atoms with Crippen molar-refractivity contribution in [1.29, 1.82) is 0 Å². The van der Waals surface area contributed by atoms with Gasteiger partial charge in [-0.2, -0.15) is 0 Å². The molecule has 0 spiro atoms. The molecule has 5 nitrogen and oxygen atoms in total. The van der Waals surface area contributed by atoms with Gasteiger partial charge in [-0.3, -0.25) is 4.79 Å². The molecule has 0 atom stereocenters. The number of nitrogens with one attached hydrogen (secondary N) is 1. The number of benzene rings is 3. The van der Waals surface area contributed by atoms with Crippen molar-refractivity contribution in [3.63, 3.8) is 0 Å². The zero-order valence-corrected chi connectivity index (χ0v) is 19.1. The largest absolute Gasteiger partial charge is 0.573 e. The van der Waals surface area contributed by atoms with Crippen molar-refractivity contribution in [2.45, 2.75) is 13.3 Å². The van der Waals surface area contributed by atoms with Gasteiger partial charge in [-0.1, -0.05) is 35.9 Å². The Hall–Kier alpha value is -3.65. The van der Waals surface area contributed by atoms with E-state index >= 15 is 0 Å². The van der Waals surface area contributed by atoms with Crippen molar-refractivity contribution >= 4 is 22.5 Å². The first-order valence-electron chi connectivity index (χ1n) is 10.1. The summed E-state index contributed by atoms with van der Waals surface area (Å²) >= 11 is 6.22. The molecule has 0 fully saturated rings. The fourth-order valence-corrected chi connectivity index (χ4v) is 4.08. The van der Waals surface area contributed by atoms with Crippen LogP contribution in [0.4, 0.5) is 13.2 Å². The highest BCUT2D eigenvalue weighted by molar-refractivity contribution is 6.32. The van der Waals surface area contributed by atoms with Crippen LogP contribution in [0.5, 0.6) is 17.2 Å². The lowest BCUT2D eigenvalue weighted by Crippen LogP contribution is -2.17. The summed E-state index contributed by atoms with van der Waals surface area (Å²) in [6.07, 6.45) is -4.80. The van der Waals surface area contributed by atoms with Gasteiger partial charge in [0, 0.05) is 34.3 Å². The summed E-state index contributed by atoms with van der Waals surface area (Å²) in [5.74, 6) is 0.304. The second-order valence-corrected chi connectivity index (χ2v) is 7.88. The number of rotatable bonds is 5. The minimum absolute atomic E-state index is 0.185. The summed E-state index contributed by atoms with van der Waals surface area (Å²) in [5, 5.41) is 0.757. The van der Waals surface area contributed by atoms with E-state index in [0.29, 0.717) is 49.6 Å². The number of methoxy groups -OCH3 is 2. The van der Waals surface area contributed by atoms with Crippen LogP contribution in [0.3, 0.4) is 0 Å². The van der Waals surface area contributed by atoms with E-state index in [4.69, 9.17) is 21.1 Å². The molecule has 4 rings (SSSR count). The van der Waals surface area contributed by atoms with E-state index in [2.05, 4.69) is 9.72 Å². The van der Waals surface area contributed by atoms with Crippen LogP contribution in [-0.2, 0) is 0 Å². The normalized spacial score (nSPS) is 11.5. The molecular formula is C25H19ClF3NO4. The maximum atomic E-state index is 13.3. The van der Waals surface area contributed by atoms with Gasteiger partial charge in [-0.25, -0.2) is 0 Å². The van der Waals surface area contributed by atoms with E-state index in [1.54, 1.807) is 43.3 Å². The second kappa shape index (κ2) is 8.95. The molecular weight excluding hydrogens is 471 g/mol.